The molecule has 0 aliphatic carbocycles. The molecule has 3 heterocycles. The molecular formula is C18H23N5OS. The van der Waals surface area contributed by atoms with Crippen molar-refractivity contribution in [1.82, 2.24) is 19.9 Å². The second kappa shape index (κ2) is 8.29. The van der Waals surface area contributed by atoms with E-state index in [0.29, 0.717) is 18.9 Å². The minimum atomic E-state index is 0.0810. The molecular weight excluding hydrogens is 334 g/mol. The van der Waals surface area contributed by atoms with Crippen molar-refractivity contribution in [2.75, 3.05) is 29.9 Å². The number of pyridine rings is 1. The highest BCUT2D eigenvalue weighted by Gasteiger charge is 2.24. The van der Waals surface area contributed by atoms with Gasteiger partial charge in [0, 0.05) is 37.5 Å². The first-order valence-corrected chi connectivity index (χ1v) is 9.72. The van der Waals surface area contributed by atoms with Crippen LogP contribution in [0, 0.1) is 0 Å². The highest BCUT2D eigenvalue weighted by atomic mass is 32.2. The summed E-state index contributed by atoms with van der Waals surface area (Å²) in [5.41, 5.74) is 2.79. The Balaban J connectivity index is 1.92. The van der Waals surface area contributed by atoms with Crippen molar-refractivity contribution < 1.29 is 4.79 Å². The van der Waals surface area contributed by atoms with Gasteiger partial charge >= 0.3 is 0 Å². The van der Waals surface area contributed by atoms with Crippen molar-refractivity contribution in [3.8, 4) is 11.5 Å². The first-order chi connectivity index (χ1) is 12.2. The predicted octanol–water partition coefficient (Wildman–Crippen LogP) is 2.61. The van der Waals surface area contributed by atoms with Crippen molar-refractivity contribution in [2.45, 2.75) is 26.8 Å². The van der Waals surface area contributed by atoms with Crippen LogP contribution in [0.2, 0.25) is 0 Å². The lowest BCUT2D eigenvalue weighted by Gasteiger charge is -2.28. The monoisotopic (exact) mass is 357 g/mol. The number of fused-ring (bicyclic) bond motifs is 1. The maximum Gasteiger partial charge on any atom is 0.219 e. The Morgan fingerprint density at radius 3 is 2.96 bits per heavy atom. The summed E-state index contributed by atoms with van der Waals surface area (Å²) in [5.74, 6) is 3.71. The van der Waals surface area contributed by atoms with Crippen molar-refractivity contribution in [2.24, 2.45) is 0 Å². The quantitative estimate of drug-likeness (QED) is 0.802. The minimum absolute atomic E-state index is 0.0810. The second-order valence-corrected chi connectivity index (χ2v) is 7.24. The molecule has 6 nitrogen and oxygen atoms in total. The lowest BCUT2D eigenvalue weighted by atomic mass is 10.0. The molecule has 25 heavy (non-hydrogen) atoms. The van der Waals surface area contributed by atoms with E-state index in [1.165, 1.54) is 0 Å². The van der Waals surface area contributed by atoms with E-state index in [2.05, 4.69) is 17.2 Å². The van der Waals surface area contributed by atoms with Gasteiger partial charge in [0.2, 0.25) is 5.91 Å². The summed E-state index contributed by atoms with van der Waals surface area (Å²) in [7, 11) is 0. The van der Waals surface area contributed by atoms with Crippen molar-refractivity contribution in [3.05, 3.63) is 35.7 Å². The van der Waals surface area contributed by atoms with Crippen molar-refractivity contribution in [3.63, 3.8) is 0 Å². The van der Waals surface area contributed by atoms with Crippen molar-refractivity contribution in [1.29, 1.82) is 0 Å². The molecule has 0 spiro atoms. The molecule has 132 valence electrons. The number of carbonyl (C=O) groups excluding carboxylic acids is 1. The van der Waals surface area contributed by atoms with E-state index in [9.17, 15) is 4.79 Å². The highest BCUT2D eigenvalue weighted by Crippen LogP contribution is 2.26. The number of thioether (sulfide) groups is 1. The van der Waals surface area contributed by atoms with Gasteiger partial charge in [0.05, 0.1) is 12.2 Å². The standard InChI is InChI=1S/C18H23N5OS/c1-3-25-11-9-20-17-14-7-10-23(13(2)24)12-16(14)21-18(22-17)15-6-4-5-8-19-15/h4-6,8H,3,7,9-12H2,1-2H3,(H,20,21,22). The Morgan fingerprint density at radius 1 is 1.36 bits per heavy atom. The fraction of sp³-hybridized carbons (Fsp3) is 0.444. The number of nitrogens with zero attached hydrogens (tertiary/aromatic N) is 4. The second-order valence-electron chi connectivity index (χ2n) is 5.85. The number of amides is 1. The third-order valence-electron chi connectivity index (χ3n) is 4.15. The smallest absolute Gasteiger partial charge is 0.219 e. The number of aromatic nitrogens is 3. The fourth-order valence-corrected chi connectivity index (χ4v) is 3.38. The third kappa shape index (κ3) is 4.28. The Labute approximate surface area is 152 Å². The van der Waals surface area contributed by atoms with E-state index in [0.717, 1.165) is 47.2 Å². The lowest BCUT2D eigenvalue weighted by molar-refractivity contribution is -0.129. The number of hydrogen-bond donors (Lipinski definition) is 1. The van der Waals surface area contributed by atoms with Crippen LogP contribution < -0.4 is 5.32 Å². The number of nitrogens with one attached hydrogen (secondary N) is 1. The van der Waals surface area contributed by atoms with Crippen LogP contribution in [0.15, 0.2) is 24.4 Å². The average molecular weight is 357 g/mol. The van der Waals surface area contributed by atoms with Gasteiger partial charge in [-0.15, -0.1) is 0 Å². The van der Waals surface area contributed by atoms with Gasteiger partial charge < -0.3 is 10.2 Å². The van der Waals surface area contributed by atoms with Crippen LogP contribution in [0.1, 0.15) is 25.1 Å². The van der Waals surface area contributed by atoms with Crippen LogP contribution in [0.4, 0.5) is 5.82 Å². The summed E-state index contributed by atoms with van der Waals surface area (Å²) in [5, 5.41) is 3.46. The van der Waals surface area contributed by atoms with Gasteiger partial charge in [0.15, 0.2) is 5.82 Å². The molecule has 0 bridgehead atoms. The molecule has 1 amide bonds. The van der Waals surface area contributed by atoms with Gasteiger partial charge in [-0.2, -0.15) is 11.8 Å². The average Bonchev–Trinajstić information content (AvgIpc) is 2.65. The zero-order valence-corrected chi connectivity index (χ0v) is 15.5. The van der Waals surface area contributed by atoms with E-state index in [4.69, 9.17) is 9.97 Å². The molecule has 2 aromatic heterocycles. The first kappa shape index (κ1) is 17.7. The predicted molar refractivity (Wildman–Crippen MR) is 102 cm³/mol. The molecule has 0 saturated carbocycles. The maximum atomic E-state index is 11.7. The van der Waals surface area contributed by atoms with Crippen LogP contribution in [-0.2, 0) is 17.8 Å². The number of carbonyl (C=O) groups is 1. The van der Waals surface area contributed by atoms with Crippen LogP contribution >= 0.6 is 11.8 Å². The molecule has 0 radical (unpaired) electrons. The summed E-state index contributed by atoms with van der Waals surface area (Å²) >= 11 is 1.90. The molecule has 2 aromatic rings. The Morgan fingerprint density at radius 2 is 2.24 bits per heavy atom. The summed E-state index contributed by atoms with van der Waals surface area (Å²) in [6, 6.07) is 5.71. The van der Waals surface area contributed by atoms with E-state index in [1.807, 2.05) is 34.9 Å². The summed E-state index contributed by atoms with van der Waals surface area (Å²) < 4.78 is 0. The summed E-state index contributed by atoms with van der Waals surface area (Å²) in [4.78, 5) is 27.4. The molecule has 1 N–H and O–H groups in total. The fourth-order valence-electron chi connectivity index (χ4n) is 2.84. The van der Waals surface area contributed by atoms with Crippen LogP contribution in [0.5, 0.6) is 0 Å². The van der Waals surface area contributed by atoms with E-state index >= 15 is 0 Å². The van der Waals surface area contributed by atoms with E-state index < -0.39 is 0 Å². The van der Waals surface area contributed by atoms with Crippen LogP contribution in [0.25, 0.3) is 11.5 Å². The van der Waals surface area contributed by atoms with Gasteiger partial charge in [-0.05, 0) is 24.3 Å². The molecule has 1 aliphatic rings. The molecule has 0 atom stereocenters. The normalized spacial score (nSPS) is 13.4. The Bertz CT molecular complexity index is 738. The molecule has 0 aromatic carbocycles. The molecule has 3 rings (SSSR count). The first-order valence-electron chi connectivity index (χ1n) is 8.57. The minimum Gasteiger partial charge on any atom is -0.369 e. The van der Waals surface area contributed by atoms with Crippen LogP contribution in [-0.4, -0.2) is 50.4 Å². The molecule has 7 heteroatoms. The molecule has 1 aliphatic heterocycles. The van der Waals surface area contributed by atoms with Gasteiger partial charge in [0.1, 0.15) is 11.5 Å². The van der Waals surface area contributed by atoms with Crippen molar-refractivity contribution >= 4 is 23.5 Å². The molecule has 0 unspecified atom stereocenters. The summed E-state index contributed by atoms with van der Waals surface area (Å²) in [6.07, 6.45) is 2.52. The largest absolute Gasteiger partial charge is 0.369 e. The van der Waals surface area contributed by atoms with Crippen LogP contribution in [0.3, 0.4) is 0 Å². The zero-order chi connectivity index (χ0) is 17.6. The Kier molecular flexibility index (Phi) is 5.86. The zero-order valence-electron chi connectivity index (χ0n) is 14.7. The highest BCUT2D eigenvalue weighted by molar-refractivity contribution is 7.99. The number of hydrogen-bond acceptors (Lipinski definition) is 6. The Hall–Kier alpha value is -2.15. The number of anilines is 1. The van der Waals surface area contributed by atoms with Gasteiger partial charge in [-0.3, -0.25) is 9.78 Å². The van der Waals surface area contributed by atoms with Gasteiger partial charge in [0.25, 0.3) is 0 Å². The number of rotatable bonds is 6. The van der Waals surface area contributed by atoms with E-state index in [-0.39, 0.29) is 5.91 Å². The topological polar surface area (TPSA) is 71.0 Å². The maximum absolute atomic E-state index is 11.7. The third-order valence-corrected chi connectivity index (χ3v) is 5.05. The van der Waals surface area contributed by atoms with E-state index in [1.54, 1.807) is 13.1 Å². The SMILES string of the molecule is CCSCCNc1nc(-c2ccccn2)nc2c1CCN(C(C)=O)C2. The molecule has 0 saturated heterocycles. The molecule has 0 fully saturated rings. The van der Waals surface area contributed by atoms with Gasteiger partial charge in [-0.25, -0.2) is 9.97 Å². The van der Waals surface area contributed by atoms with Gasteiger partial charge in [-0.1, -0.05) is 13.0 Å². The lowest BCUT2D eigenvalue weighted by Crippen LogP contribution is -2.35. The summed E-state index contributed by atoms with van der Waals surface area (Å²) in [6.45, 7) is 5.87.